The second kappa shape index (κ2) is 5.56. The van der Waals surface area contributed by atoms with Crippen molar-refractivity contribution in [1.29, 1.82) is 0 Å². The summed E-state index contributed by atoms with van der Waals surface area (Å²) in [5, 5.41) is 10.9. The molecule has 1 N–H and O–H groups in total. The molecule has 2 atom stereocenters. The number of carbonyl (C=O) groups is 1. The van der Waals surface area contributed by atoms with E-state index in [1.807, 2.05) is 0 Å². The van der Waals surface area contributed by atoms with Gasteiger partial charge in [-0.05, 0) is 17.0 Å². The number of alkyl halides is 3. The lowest BCUT2D eigenvalue weighted by atomic mass is 9.86. The van der Waals surface area contributed by atoms with Crippen molar-refractivity contribution in [2.75, 3.05) is 0 Å². The number of fused-ring (bicyclic) bond motifs is 1. The molecule has 2 aromatic rings. The van der Waals surface area contributed by atoms with Crippen molar-refractivity contribution in [3.63, 3.8) is 0 Å². The normalized spacial score (nSPS) is 14.9. The fourth-order valence-corrected chi connectivity index (χ4v) is 2.54. The standard InChI is InChI=1S/C15H12ClF3O2/c1-8(15(17,18)19)13(14(20)21)10-5-6-11-9(7-10)3-2-4-12(11)16/h2-8,13H,1H3,(H,20,21)/t8-,13-/m1/s1. The summed E-state index contributed by atoms with van der Waals surface area (Å²) >= 11 is 5.99. The average Bonchev–Trinajstić information content (AvgIpc) is 2.37. The van der Waals surface area contributed by atoms with Gasteiger partial charge in [0.25, 0.3) is 0 Å². The minimum atomic E-state index is -4.58. The van der Waals surface area contributed by atoms with Crippen molar-refractivity contribution in [3.8, 4) is 0 Å². The molecule has 21 heavy (non-hydrogen) atoms. The molecule has 112 valence electrons. The highest BCUT2D eigenvalue weighted by Crippen LogP contribution is 2.38. The Morgan fingerprint density at radius 1 is 1.24 bits per heavy atom. The zero-order valence-electron chi connectivity index (χ0n) is 11.0. The van der Waals surface area contributed by atoms with Crippen LogP contribution in [-0.4, -0.2) is 17.3 Å². The van der Waals surface area contributed by atoms with Gasteiger partial charge in [0.2, 0.25) is 0 Å². The monoisotopic (exact) mass is 316 g/mol. The topological polar surface area (TPSA) is 37.3 Å². The van der Waals surface area contributed by atoms with Crippen molar-refractivity contribution in [2.24, 2.45) is 5.92 Å². The van der Waals surface area contributed by atoms with Gasteiger partial charge in [-0.2, -0.15) is 13.2 Å². The minimum Gasteiger partial charge on any atom is -0.481 e. The highest BCUT2D eigenvalue weighted by molar-refractivity contribution is 6.35. The molecule has 0 aromatic heterocycles. The molecule has 0 aliphatic heterocycles. The van der Waals surface area contributed by atoms with Crippen LogP contribution < -0.4 is 0 Å². The molecule has 0 spiro atoms. The van der Waals surface area contributed by atoms with Gasteiger partial charge in [0.1, 0.15) is 0 Å². The first kappa shape index (κ1) is 15.6. The van der Waals surface area contributed by atoms with Crippen LogP contribution in [0.5, 0.6) is 0 Å². The molecule has 2 rings (SSSR count). The molecular formula is C15H12ClF3O2. The van der Waals surface area contributed by atoms with Crippen LogP contribution in [0, 0.1) is 5.92 Å². The summed E-state index contributed by atoms with van der Waals surface area (Å²) in [6, 6.07) is 9.39. The number of halogens is 4. The van der Waals surface area contributed by atoms with Crippen LogP contribution in [0.15, 0.2) is 36.4 Å². The Labute approximate surface area is 124 Å². The predicted molar refractivity (Wildman–Crippen MR) is 74.6 cm³/mol. The van der Waals surface area contributed by atoms with Crippen molar-refractivity contribution >= 4 is 28.3 Å². The SMILES string of the molecule is C[C@H]([C@@H](C(=O)O)c1ccc2c(Cl)cccc2c1)C(F)(F)F. The zero-order chi connectivity index (χ0) is 15.8. The first-order valence-corrected chi connectivity index (χ1v) is 6.57. The molecule has 0 bridgehead atoms. The van der Waals surface area contributed by atoms with E-state index >= 15 is 0 Å². The molecule has 6 heteroatoms. The van der Waals surface area contributed by atoms with E-state index in [0.29, 0.717) is 15.8 Å². The number of benzene rings is 2. The molecular weight excluding hydrogens is 305 g/mol. The third-order valence-corrected chi connectivity index (χ3v) is 3.82. The summed E-state index contributed by atoms with van der Waals surface area (Å²) in [7, 11) is 0. The summed E-state index contributed by atoms with van der Waals surface area (Å²) in [4.78, 5) is 11.3. The Morgan fingerprint density at radius 2 is 1.90 bits per heavy atom. The van der Waals surface area contributed by atoms with Crippen molar-refractivity contribution < 1.29 is 23.1 Å². The van der Waals surface area contributed by atoms with Crippen LogP contribution in [0.1, 0.15) is 18.4 Å². The number of hydrogen-bond donors (Lipinski definition) is 1. The quantitative estimate of drug-likeness (QED) is 0.878. The summed E-state index contributed by atoms with van der Waals surface area (Å²) in [6.07, 6.45) is -4.58. The van der Waals surface area contributed by atoms with Crippen LogP contribution in [0.2, 0.25) is 5.02 Å². The molecule has 0 amide bonds. The molecule has 2 aromatic carbocycles. The number of carboxylic acid groups (broad SMARTS) is 1. The lowest BCUT2D eigenvalue weighted by molar-refractivity contribution is -0.183. The zero-order valence-corrected chi connectivity index (χ0v) is 11.7. The van der Waals surface area contributed by atoms with Crippen LogP contribution in [-0.2, 0) is 4.79 Å². The smallest absolute Gasteiger partial charge is 0.392 e. The molecule has 0 fully saturated rings. The van der Waals surface area contributed by atoms with Gasteiger partial charge in [0.15, 0.2) is 0 Å². The van der Waals surface area contributed by atoms with Gasteiger partial charge < -0.3 is 5.11 Å². The van der Waals surface area contributed by atoms with Crippen molar-refractivity contribution in [3.05, 3.63) is 47.0 Å². The van der Waals surface area contributed by atoms with E-state index in [-0.39, 0.29) is 5.56 Å². The second-order valence-electron chi connectivity index (χ2n) is 4.87. The molecule has 0 aliphatic carbocycles. The lowest BCUT2D eigenvalue weighted by Gasteiger charge is -2.23. The Hall–Kier alpha value is -1.75. The van der Waals surface area contributed by atoms with E-state index in [2.05, 4.69) is 0 Å². The molecule has 0 radical (unpaired) electrons. The van der Waals surface area contributed by atoms with Gasteiger partial charge in [-0.3, -0.25) is 4.79 Å². The number of aliphatic carboxylic acids is 1. The van der Waals surface area contributed by atoms with E-state index in [1.165, 1.54) is 12.1 Å². The Morgan fingerprint density at radius 3 is 2.48 bits per heavy atom. The first-order chi connectivity index (χ1) is 9.71. The fraction of sp³-hybridized carbons (Fsp3) is 0.267. The lowest BCUT2D eigenvalue weighted by Crippen LogP contribution is -2.31. The van der Waals surface area contributed by atoms with Crippen LogP contribution >= 0.6 is 11.6 Å². The van der Waals surface area contributed by atoms with Crippen molar-refractivity contribution in [1.82, 2.24) is 0 Å². The summed E-state index contributed by atoms with van der Waals surface area (Å²) in [5.74, 6) is -5.12. The van der Waals surface area contributed by atoms with E-state index in [0.717, 1.165) is 6.92 Å². The van der Waals surface area contributed by atoms with Gasteiger partial charge in [-0.1, -0.05) is 48.9 Å². The molecule has 0 saturated heterocycles. The largest absolute Gasteiger partial charge is 0.481 e. The highest BCUT2D eigenvalue weighted by atomic mass is 35.5. The highest BCUT2D eigenvalue weighted by Gasteiger charge is 2.45. The second-order valence-corrected chi connectivity index (χ2v) is 5.27. The van der Waals surface area contributed by atoms with Gasteiger partial charge in [-0.25, -0.2) is 0 Å². The van der Waals surface area contributed by atoms with Crippen LogP contribution in [0.3, 0.4) is 0 Å². The Balaban J connectivity index is 2.54. The molecule has 0 saturated carbocycles. The van der Waals surface area contributed by atoms with Crippen LogP contribution in [0.4, 0.5) is 13.2 Å². The van der Waals surface area contributed by atoms with E-state index in [1.54, 1.807) is 24.3 Å². The van der Waals surface area contributed by atoms with E-state index < -0.39 is 24.0 Å². The molecule has 0 aliphatic rings. The van der Waals surface area contributed by atoms with Crippen molar-refractivity contribution in [2.45, 2.75) is 19.0 Å². The maximum atomic E-state index is 12.8. The molecule has 2 nitrogen and oxygen atoms in total. The Kier molecular flexibility index (Phi) is 4.14. The van der Waals surface area contributed by atoms with Gasteiger partial charge in [0.05, 0.1) is 11.8 Å². The van der Waals surface area contributed by atoms with Gasteiger partial charge in [-0.15, -0.1) is 0 Å². The third kappa shape index (κ3) is 3.13. The summed E-state index contributed by atoms with van der Waals surface area (Å²) in [6.45, 7) is 0.876. The van der Waals surface area contributed by atoms with Gasteiger partial charge in [0, 0.05) is 10.4 Å². The minimum absolute atomic E-state index is 0.113. The summed E-state index contributed by atoms with van der Waals surface area (Å²) in [5.41, 5.74) is 0.113. The number of rotatable bonds is 3. The van der Waals surface area contributed by atoms with Gasteiger partial charge >= 0.3 is 12.1 Å². The average molecular weight is 317 g/mol. The third-order valence-electron chi connectivity index (χ3n) is 3.49. The summed E-state index contributed by atoms with van der Waals surface area (Å²) < 4.78 is 38.5. The Bertz CT molecular complexity index is 682. The van der Waals surface area contributed by atoms with E-state index in [9.17, 15) is 18.0 Å². The first-order valence-electron chi connectivity index (χ1n) is 6.19. The van der Waals surface area contributed by atoms with E-state index in [4.69, 9.17) is 16.7 Å². The maximum absolute atomic E-state index is 12.8. The maximum Gasteiger partial charge on any atom is 0.392 e. The number of carboxylic acids is 1. The number of hydrogen-bond acceptors (Lipinski definition) is 1. The fourth-order valence-electron chi connectivity index (χ4n) is 2.29. The predicted octanol–water partition coefficient (Wildman–Crippen LogP) is 4.86. The van der Waals surface area contributed by atoms with Crippen LogP contribution in [0.25, 0.3) is 10.8 Å². The molecule has 0 unspecified atom stereocenters. The molecule has 0 heterocycles.